The molecule has 0 bridgehead atoms. The number of ether oxygens (including phenoxy) is 1. The molecule has 0 aliphatic rings. The van der Waals surface area contributed by atoms with Crippen molar-refractivity contribution in [2.24, 2.45) is 0 Å². The predicted octanol–water partition coefficient (Wildman–Crippen LogP) is 3.30. The van der Waals surface area contributed by atoms with E-state index in [2.05, 4.69) is 20.7 Å². The summed E-state index contributed by atoms with van der Waals surface area (Å²) in [5, 5.41) is 14.5. The summed E-state index contributed by atoms with van der Waals surface area (Å²) in [5.74, 6) is -2.04. The van der Waals surface area contributed by atoms with E-state index < -0.39 is 11.7 Å². The molecule has 27 heavy (non-hydrogen) atoms. The first-order valence-corrected chi connectivity index (χ1v) is 8.69. The third-order valence-corrected chi connectivity index (χ3v) is 4.23. The van der Waals surface area contributed by atoms with Gasteiger partial charge in [0.15, 0.2) is 0 Å². The lowest BCUT2D eigenvalue weighted by Crippen LogP contribution is -2.20. The van der Waals surface area contributed by atoms with Crippen LogP contribution in [0.25, 0.3) is 11.4 Å². The number of hydrogen-bond acceptors (Lipinski definition) is 6. The van der Waals surface area contributed by atoms with E-state index in [0.29, 0.717) is 34.6 Å². The van der Waals surface area contributed by atoms with Gasteiger partial charge in [-0.3, -0.25) is 4.79 Å². The maximum Gasteiger partial charge on any atom is 0.288 e. The van der Waals surface area contributed by atoms with E-state index in [-0.39, 0.29) is 11.4 Å². The third kappa shape index (κ3) is 5.00. The topological polar surface area (TPSA) is 81.9 Å². The molecule has 0 aliphatic heterocycles. The fourth-order valence-corrected chi connectivity index (χ4v) is 2.87. The molecule has 3 rings (SSSR count). The molecule has 0 aliphatic carbocycles. The molecule has 0 spiro atoms. The molecule has 10 heteroatoms. The Morgan fingerprint density at radius 3 is 2.85 bits per heavy atom. The number of methoxy groups -OCH3 is 1. The van der Waals surface area contributed by atoms with E-state index in [1.54, 1.807) is 49.6 Å². The Bertz CT molecular complexity index is 935. The molecule has 0 saturated carbocycles. The van der Waals surface area contributed by atoms with Gasteiger partial charge >= 0.3 is 0 Å². The highest BCUT2D eigenvalue weighted by atomic mass is 32.2. The smallest absolute Gasteiger partial charge is 0.288 e. The SMILES string of the molecule is COc1cccc(-c2nnn(CC(=O)Nc3ccccc3SC(F)F)n2)c1. The summed E-state index contributed by atoms with van der Waals surface area (Å²) >= 11 is 0.368. The fraction of sp³-hybridized carbons (Fsp3) is 0.176. The first-order valence-electron chi connectivity index (χ1n) is 7.81. The van der Waals surface area contributed by atoms with Crippen LogP contribution in [-0.2, 0) is 11.3 Å². The first kappa shape index (κ1) is 18.8. The minimum atomic E-state index is -2.58. The molecular formula is C17H15F2N5O2S. The molecule has 1 amide bonds. The van der Waals surface area contributed by atoms with E-state index in [1.165, 1.54) is 6.07 Å². The number of alkyl halides is 2. The van der Waals surface area contributed by atoms with Crippen LogP contribution in [0.15, 0.2) is 53.4 Å². The van der Waals surface area contributed by atoms with Crippen molar-refractivity contribution in [3.63, 3.8) is 0 Å². The molecule has 1 N–H and O–H groups in total. The van der Waals surface area contributed by atoms with Crippen molar-refractivity contribution in [2.45, 2.75) is 17.2 Å². The van der Waals surface area contributed by atoms with Crippen molar-refractivity contribution in [1.82, 2.24) is 20.2 Å². The Balaban J connectivity index is 1.68. The maximum atomic E-state index is 12.6. The number of para-hydroxylation sites is 1. The van der Waals surface area contributed by atoms with E-state index in [1.807, 2.05) is 0 Å². The number of rotatable bonds is 7. The van der Waals surface area contributed by atoms with Gasteiger partial charge in [0, 0.05) is 10.5 Å². The first-order chi connectivity index (χ1) is 13.0. The van der Waals surface area contributed by atoms with Crippen molar-refractivity contribution >= 4 is 23.4 Å². The van der Waals surface area contributed by atoms with Gasteiger partial charge in [0.2, 0.25) is 11.7 Å². The second-order valence-corrected chi connectivity index (χ2v) is 6.33. The molecule has 0 saturated heterocycles. The maximum absolute atomic E-state index is 12.6. The van der Waals surface area contributed by atoms with Crippen molar-refractivity contribution < 1.29 is 18.3 Å². The Hall–Kier alpha value is -3.01. The number of nitrogens with one attached hydrogen (secondary N) is 1. The normalized spacial score (nSPS) is 10.8. The molecule has 140 valence electrons. The van der Waals surface area contributed by atoms with Crippen LogP contribution < -0.4 is 10.1 Å². The molecule has 2 aromatic carbocycles. The van der Waals surface area contributed by atoms with Gasteiger partial charge in [-0.25, -0.2) is 0 Å². The number of halogens is 2. The van der Waals surface area contributed by atoms with Crippen molar-refractivity contribution in [3.8, 4) is 17.1 Å². The summed E-state index contributed by atoms with van der Waals surface area (Å²) in [6.07, 6.45) is 0. The van der Waals surface area contributed by atoms with Crippen LogP contribution in [0.3, 0.4) is 0 Å². The van der Waals surface area contributed by atoms with E-state index in [9.17, 15) is 13.6 Å². The number of carbonyl (C=O) groups excluding carboxylic acids is 1. The zero-order valence-corrected chi connectivity index (χ0v) is 15.0. The van der Waals surface area contributed by atoms with E-state index in [4.69, 9.17) is 4.74 Å². The minimum absolute atomic E-state index is 0.204. The molecule has 3 aromatic rings. The summed E-state index contributed by atoms with van der Waals surface area (Å²) in [7, 11) is 1.55. The van der Waals surface area contributed by atoms with Gasteiger partial charge in [0.05, 0.1) is 12.8 Å². The van der Waals surface area contributed by atoms with Crippen LogP contribution in [-0.4, -0.2) is 39.0 Å². The van der Waals surface area contributed by atoms with Crippen LogP contribution in [0.4, 0.5) is 14.5 Å². The number of benzene rings is 2. The van der Waals surface area contributed by atoms with Crippen LogP contribution in [0, 0.1) is 0 Å². The number of amides is 1. The van der Waals surface area contributed by atoms with E-state index in [0.717, 1.165) is 4.80 Å². The average molecular weight is 391 g/mol. The molecule has 0 radical (unpaired) electrons. The number of hydrogen-bond donors (Lipinski definition) is 1. The zero-order valence-electron chi connectivity index (χ0n) is 14.2. The molecule has 0 fully saturated rings. The Kier molecular flexibility index (Phi) is 5.97. The highest BCUT2D eigenvalue weighted by Gasteiger charge is 2.14. The Morgan fingerprint density at radius 2 is 2.07 bits per heavy atom. The largest absolute Gasteiger partial charge is 0.497 e. The van der Waals surface area contributed by atoms with Crippen LogP contribution in [0.1, 0.15) is 0 Å². The van der Waals surface area contributed by atoms with Gasteiger partial charge in [-0.05, 0) is 29.5 Å². The lowest BCUT2D eigenvalue weighted by molar-refractivity contribution is -0.117. The second kappa shape index (κ2) is 8.58. The van der Waals surface area contributed by atoms with Gasteiger partial charge in [0.25, 0.3) is 5.76 Å². The van der Waals surface area contributed by atoms with Crippen LogP contribution in [0.5, 0.6) is 5.75 Å². The van der Waals surface area contributed by atoms with Gasteiger partial charge in [0.1, 0.15) is 12.3 Å². The fourth-order valence-electron chi connectivity index (χ4n) is 2.27. The van der Waals surface area contributed by atoms with Gasteiger partial charge in [-0.1, -0.05) is 36.0 Å². The van der Waals surface area contributed by atoms with Crippen molar-refractivity contribution in [3.05, 3.63) is 48.5 Å². The van der Waals surface area contributed by atoms with Gasteiger partial charge in [-0.2, -0.15) is 13.6 Å². The van der Waals surface area contributed by atoms with Crippen LogP contribution in [0.2, 0.25) is 0 Å². The lowest BCUT2D eigenvalue weighted by Gasteiger charge is -2.09. The molecule has 0 atom stereocenters. The standard InChI is InChI=1S/C17H15F2N5O2S/c1-26-12-6-4-5-11(9-12)16-21-23-24(22-16)10-15(25)20-13-7-2-3-8-14(13)27-17(18)19/h2-9,17H,10H2,1H3,(H,20,25). The number of anilines is 1. The third-order valence-electron chi connectivity index (χ3n) is 3.44. The number of tetrazole rings is 1. The molecule has 1 heterocycles. The minimum Gasteiger partial charge on any atom is -0.497 e. The lowest BCUT2D eigenvalue weighted by atomic mass is 10.2. The summed E-state index contributed by atoms with van der Waals surface area (Å²) in [6.45, 7) is -0.204. The Labute approximate surface area is 157 Å². The van der Waals surface area contributed by atoms with Crippen molar-refractivity contribution in [1.29, 1.82) is 0 Å². The van der Waals surface area contributed by atoms with Crippen LogP contribution >= 0.6 is 11.8 Å². The summed E-state index contributed by atoms with van der Waals surface area (Å²) in [4.78, 5) is 13.6. The molecule has 1 aromatic heterocycles. The number of aromatic nitrogens is 4. The highest BCUT2D eigenvalue weighted by Crippen LogP contribution is 2.31. The summed E-state index contributed by atoms with van der Waals surface area (Å²) < 4.78 is 30.4. The molecular weight excluding hydrogens is 376 g/mol. The van der Waals surface area contributed by atoms with E-state index >= 15 is 0 Å². The predicted molar refractivity (Wildman–Crippen MR) is 96.7 cm³/mol. The second-order valence-electron chi connectivity index (χ2n) is 5.30. The van der Waals surface area contributed by atoms with Gasteiger partial charge < -0.3 is 10.1 Å². The quantitative estimate of drug-likeness (QED) is 0.623. The Morgan fingerprint density at radius 1 is 1.26 bits per heavy atom. The monoisotopic (exact) mass is 391 g/mol. The van der Waals surface area contributed by atoms with Gasteiger partial charge in [-0.15, -0.1) is 10.2 Å². The average Bonchev–Trinajstić information content (AvgIpc) is 3.11. The van der Waals surface area contributed by atoms with Crippen molar-refractivity contribution in [2.75, 3.05) is 12.4 Å². The molecule has 0 unspecified atom stereocenters. The number of thioether (sulfide) groups is 1. The number of carbonyl (C=O) groups is 1. The zero-order chi connectivity index (χ0) is 19.2. The highest BCUT2D eigenvalue weighted by molar-refractivity contribution is 7.99. The summed E-state index contributed by atoms with van der Waals surface area (Å²) in [6, 6.07) is 13.5. The summed E-state index contributed by atoms with van der Waals surface area (Å²) in [5.41, 5.74) is 1.00. The number of nitrogens with zero attached hydrogens (tertiary/aromatic N) is 4. The molecule has 7 nitrogen and oxygen atoms in total.